The van der Waals surface area contributed by atoms with E-state index < -0.39 is 12.1 Å². The molecule has 1 heterocycles. The van der Waals surface area contributed by atoms with Crippen LogP contribution in [0.1, 0.15) is 12.8 Å². The maximum Gasteiger partial charge on any atom is 0.324 e. The van der Waals surface area contributed by atoms with Gasteiger partial charge in [-0.15, -0.1) is 0 Å². The molecule has 3 amide bonds. The Hall–Kier alpha value is -1.59. The number of nitrogens with zero attached hydrogens (tertiary/aromatic N) is 1. The van der Waals surface area contributed by atoms with Crippen molar-refractivity contribution in [3.63, 3.8) is 0 Å². The van der Waals surface area contributed by atoms with Crippen LogP contribution in [0.15, 0.2) is 0 Å². The molecule has 0 aromatic carbocycles. The zero-order chi connectivity index (χ0) is 10.7. The topological polar surface area (TPSA) is 75.7 Å². The van der Waals surface area contributed by atoms with Crippen LogP contribution in [0.5, 0.6) is 0 Å². The average molecular weight is 200 g/mol. The summed E-state index contributed by atoms with van der Waals surface area (Å²) in [7, 11) is 2.68. The second-order valence-corrected chi connectivity index (χ2v) is 3.01. The van der Waals surface area contributed by atoms with Gasteiger partial charge in [-0.05, 0) is 6.42 Å². The number of carbonyl (C=O) groups is 3. The molecule has 6 nitrogen and oxygen atoms in total. The molecule has 0 bridgehead atoms. The minimum atomic E-state index is -0.591. The van der Waals surface area contributed by atoms with Gasteiger partial charge in [0.25, 0.3) is 5.91 Å². The highest BCUT2D eigenvalue weighted by atomic mass is 16.5. The van der Waals surface area contributed by atoms with Crippen molar-refractivity contribution in [3.05, 3.63) is 0 Å². The molecular formula is C8H12N2O4. The Balaban J connectivity index is 2.44. The van der Waals surface area contributed by atoms with E-state index in [1.54, 1.807) is 0 Å². The van der Waals surface area contributed by atoms with Gasteiger partial charge >= 0.3 is 12.0 Å². The quantitative estimate of drug-likeness (QED) is 0.491. The molecule has 0 unspecified atom stereocenters. The number of esters is 1. The van der Waals surface area contributed by atoms with Crippen LogP contribution >= 0.6 is 0 Å². The number of carbonyl (C=O) groups excluding carboxylic acids is 3. The lowest BCUT2D eigenvalue weighted by Gasteiger charge is -2.06. The van der Waals surface area contributed by atoms with Crippen molar-refractivity contribution in [2.75, 3.05) is 14.2 Å². The fraction of sp³-hybridized carbons (Fsp3) is 0.625. The first kappa shape index (κ1) is 10.5. The van der Waals surface area contributed by atoms with E-state index in [1.165, 1.54) is 14.2 Å². The second-order valence-electron chi connectivity index (χ2n) is 3.01. The molecule has 1 N–H and O–H groups in total. The smallest absolute Gasteiger partial charge is 0.324 e. The summed E-state index contributed by atoms with van der Waals surface area (Å²) in [6, 6.07) is -1.02. The minimum Gasteiger partial charge on any atom is -0.469 e. The van der Waals surface area contributed by atoms with Crippen LogP contribution in [0.2, 0.25) is 0 Å². The summed E-state index contributed by atoms with van der Waals surface area (Å²) in [5, 5.41) is 2.46. The molecule has 0 saturated carbocycles. The molecular weight excluding hydrogens is 188 g/mol. The number of rotatable bonds is 3. The van der Waals surface area contributed by atoms with E-state index in [0.29, 0.717) is 0 Å². The molecule has 6 heteroatoms. The van der Waals surface area contributed by atoms with Crippen LogP contribution in [-0.4, -0.2) is 43.0 Å². The van der Waals surface area contributed by atoms with Gasteiger partial charge in [0, 0.05) is 13.5 Å². The summed E-state index contributed by atoms with van der Waals surface area (Å²) < 4.78 is 4.42. The maximum atomic E-state index is 11.3. The van der Waals surface area contributed by atoms with Gasteiger partial charge in [0.05, 0.1) is 7.11 Å². The van der Waals surface area contributed by atoms with Crippen LogP contribution in [0, 0.1) is 0 Å². The molecule has 0 aromatic heterocycles. The van der Waals surface area contributed by atoms with Gasteiger partial charge in [0.2, 0.25) is 0 Å². The Morgan fingerprint density at radius 3 is 2.64 bits per heavy atom. The molecule has 14 heavy (non-hydrogen) atoms. The molecule has 0 spiro atoms. The Bertz CT molecular complexity index is 277. The molecule has 0 aromatic rings. The van der Waals surface area contributed by atoms with Crippen LogP contribution in [0.25, 0.3) is 0 Å². The Morgan fingerprint density at radius 1 is 1.57 bits per heavy atom. The third kappa shape index (κ3) is 2.01. The lowest BCUT2D eigenvalue weighted by atomic mass is 10.1. The summed E-state index contributed by atoms with van der Waals surface area (Å²) in [5.74, 6) is -0.694. The highest BCUT2D eigenvalue weighted by Gasteiger charge is 2.35. The van der Waals surface area contributed by atoms with E-state index in [4.69, 9.17) is 0 Å². The van der Waals surface area contributed by atoms with Crippen molar-refractivity contribution in [1.29, 1.82) is 0 Å². The summed E-state index contributed by atoms with van der Waals surface area (Å²) >= 11 is 0. The largest absolute Gasteiger partial charge is 0.469 e. The third-order valence-corrected chi connectivity index (χ3v) is 2.10. The van der Waals surface area contributed by atoms with E-state index in [2.05, 4.69) is 10.1 Å². The van der Waals surface area contributed by atoms with E-state index in [-0.39, 0.29) is 24.7 Å². The maximum absolute atomic E-state index is 11.3. The minimum absolute atomic E-state index is 0.126. The first-order chi connectivity index (χ1) is 6.56. The Morgan fingerprint density at radius 2 is 2.21 bits per heavy atom. The third-order valence-electron chi connectivity index (χ3n) is 2.10. The molecule has 0 radical (unpaired) electrons. The normalized spacial score (nSPS) is 21.0. The van der Waals surface area contributed by atoms with E-state index >= 15 is 0 Å². The van der Waals surface area contributed by atoms with Crippen LogP contribution in [0.4, 0.5) is 4.79 Å². The molecule has 1 saturated heterocycles. The van der Waals surface area contributed by atoms with Gasteiger partial charge < -0.3 is 10.1 Å². The lowest BCUT2D eigenvalue weighted by Crippen LogP contribution is -2.29. The van der Waals surface area contributed by atoms with Crippen molar-refractivity contribution in [2.45, 2.75) is 18.9 Å². The predicted molar refractivity (Wildman–Crippen MR) is 46.3 cm³/mol. The van der Waals surface area contributed by atoms with E-state index in [0.717, 1.165) is 4.90 Å². The highest BCUT2D eigenvalue weighted by Crippen LogP contribution is 2.09. The number of methoxy groups -OCH3 is 1. The number of urea groups is 1. The molecule has 0 aliphatic carbocycles. The van der Waals surface area contributed by atoms with Crippen LogP contribution in [-0.2, 0) is 14.3 Å². The first-order valence-corrected chi connectivity index (χ1v) is 4.21. The summed E-state index contributed by atoms with van der Waals surface area (Å²) in [5.41, 5.74) is 0. The van der Waals surface area contributed by atoms with Crippen LogP contribution in [0.3, 0.4) is 0 Å². The zero-order valence-corrected chi connectivity index (χ0v) is 8.07. The number of hydrogen-bond donors (Lipinski definition) is 1. The van der Waals surface area contributed by atoms with Gasteiger partial charge in [-0.3, -0.25) is 14.5 Å². The lowest BCUT2D eigenvalue weighted by molar-refractivity contribution is -0.140. The number of ether oxygens (including phenoxy) is 1. The number of likely N-dealkylation sites (N-methyl/N-ethyl adjacent to an activating group) is 1. The summed E-state index contributed by atoms with van der Waals surface area (Å²) in [4.78, 5) is 34.1. The van der Waals surface area contributed by atoms with E-state index in [1.807, 2.05) is 0 Å². The number of hydrogen-bond acceptors (Lipinski definition) is 4. The second kappa shape index (κ2) is 4.08. The zero-order valence-electron chi connectivity index (χ0n) is 8.07. The predicted octanol–water partition coefficient (Wildman–Crippen LogP) is -0.510. The Kier molecular flexibility index (Phi) is 3.06. The summed E-state index contributed by atoms with van der Waals surface area (Å²) in [6.07, 6.45) is 0.405. The summed E-state index contributed by atoms with van der Waals surface area (Å²) in [6.45, 7) is 0. The monoisotopic (exact) mass is 200 g/mol. The molecule has 1 aliphatic rings. The Labute approximate surface area is 81.2 Å². The van der Waals surface area contributed by atoms with Crippen molar-refractivity contribution in [2.24, 2.45) is 0 Å². The van der Waals surface area contributed by atoms with Crippen LogP contribution < -0.4 is 5.32 Å². The van der Waals surface area contributed by atoms with Gasteiger partial charge in [0.1, 0.15) is 6.04 Å². The molecule has 1 aliphatic heterocycles. The number of amides is 3. The number of nitrogens with one attached hydrogen (secondary N) is 1. The van der Waals surface area contributed by atoms with E-state index in [9.17, 15) is 14.4 Å². The first-order valence-electron chi connectivity index (χ1n) is 4.21. The van der Waals surface area contributed by atoms with Crippen molar-refractivity contribution >= 4 is 17.9 Å². The molecule has 1 fully saturated rings. The standard InChI is InChI=1S/C8H12N2O4/c1-10-7(12)5(9-8(10)13)3-4-6(11)14-2/h5H,3-4H2,1-2H3,(H,9,13)/t5-/m0/s1. The number of imide groups is 1. The average Bonchev–Trinajstić information content (AvgIpc) is 2.42. The van der Waals surface area contributed by atoms with Crippen molar-refractivity contribution in [1.82, 2.24) is 10.2 Å². The fourth-order valence-corrected chi connectivity index (χ4v) is 1.20. The fourth-order valence-electron chi connectivity index (χ4n) is 1.20. The van der Waals surface area contributed by atoms with Gasteiger partial charge in [-0.25, -0.2) is 4.79 Å². The van der Waals surface area contributed by atoms with Gasteiger partial charge in [-0.2, -0.15) is 0 Å². The molecule has 1 rings (SSSR count). The van der Waals surface area contributed by atoms with Crippen molar-refractivity contribution in [3.8, 4) is 0 Å². The SMILES string of the molecule is COC(=O)CC[C@@H]1NC(=O)N(C)C1=O. The van der Waals surface area contributed by atoms with Crippen molar-refractivity contribution < 1.29 is 19.1 Å². The molecule has 1 atom stereocenters. The van der Waals surface area contributed by atoms with Gasteiger partial charge in [0.15, 0.2) is 0 Å². The molecule has 78 valence electrons. The highest BCUT2D eigenvalue weighted by molar-refractivity contribution is 6.03. The van der Waals surface area contributed by atoms with Gasteiger partial charge in [-0.1, -0.05) is 0 Å².